The molecule has 292 valence electrons. The van der Waals surface area contributed by atoms with Crippen LogP contribution in [0, 0.1) is 6.92 Å². The van der Waals surface area contributed by atoms with E-state index >= 15 is 0 Å². The maximum atomic E-state index is 13.8. The summed E-state index contributed by atoms with van der Waals surface area (Å²) in [6.45, 7) is 1.29. The number of amides is 4. The van der Waals surface area contributed by atoms with Gasteiger partial charge in [-0.3, -0.25) is 24.1 Å². The van der Waals surface area contributed by atoms with Gasteiger partial charge in [0.15, 0.2) is 4.34 Å². The van der Waals surface area contributed by atoms with E-state index in [-0.39, 0.29) is 94.9 Å². The first-order valence-corrected chi connectivity index (χ1v) is 19.8. The summed E-state index contributed by atoms with van der Waals surface area (Å²) in [5.41, 5.74) is 2.17. The second-order valence-electron chi connectivity index (χ2n) is 12.5. The molecular weight excluding hydrogens is 810 g/mol. The van der Waals surface area contributed by atoms with Gasteiger partial charge in [0, 0.05) is 30.2 Å². The zero-order chi connectivity index (χ0) is 40.1. The monoisotopic (exact) mass is 843 g/mol. The van der Waals surface area contributed by atoms with E-state index in [0.717, 1.165) is 33.6 Å². The molecule has 4 heterocycles. The molecule has 17 nitrogen and oxygen atoms in total. The number of rotatable bonds is 15. The van der Waals surface area contributed by atoms with Gasteiger partial charge in [-0.2, -0.15) is 0 Å². The number of fused-ring (bicyclic) bond motifs is 1. The third-order valence-corrected chi connectivity index (χ3v) is 12.2. The fraction of sp³-hybridized carbons (Fsp3) is 0.278. The molecule has 21 heteroatoms. The van der Waals surface area contributed by atoms with Gasteiger partial charge in [0.25, 0.3) is 17.7 Å². The Morgan fingerprint density at radius 3 is 2.32 bits per heavy atom. The van der Waals surface area contributed by atoms with Crippen molar-refractivity contribution in [3.8, 4) is 22.9 Å². The Labute approximate surface area is 359 Å². The molecule has 2 aliphatic rings. The molecule has 1 saturated heterocycles. The van der Waals surface area contributed by atoms with Gasteiger partial charge < -0.3 is 45.9 Å². The number of aromatic nitrogens is 3. The van der Waals surface area contributed by atoms with Crippen LogP contribution in [0.15, 0.2) is 76.3 Å². The zero-order valence-electron chi connectivity index (χ0n) is 30.4. The summed E-state index contributed by atoms with van der Waals surface area (Å²) in [6, 6.07) is 13.1. The Bertz CT molecular complexity index is 2180. The van der Waals surface area contributed by atoms with E-state index in [1.807, 2.05) is 31.2 Å². The van der Waals surface area contributed by atoms with Gasteiger partial charge in [0.05, 0.1) is 30.6 Å². The van der Waals surface area contributed by atoms with Crippen molar-refractivity contribution in [2.45, 2.75) is 28.7 Å². The maximum absolute atomic E-state index is 13.8. The second kappa shape index (κ2) is 19.3. The number of benzene rings is 2. The standard InChI is InChI=1S/C36H35N7O10S3.Na/c1-18-2-4-19(5-3-18)24-11-10-23(28(47)37-24)29(48)38-25(20-6-8-22(46)9-7-20)30(49)39-26-32(50)43-27(35(52)53)21(16-54-34(26)43)17-55-36-41-40-31(56-36)33(51)42(12-14-44)13-15-45;/h2-11,25-26,34,44-46H,12-17H2,1H3,(H,37,47)(H,38,48)(H,39,49)(H,52,53);/q;+1/p-1/t25?,26?,34-;/m0./s1. The van der Waals surface area contributed by atoms with Gasteiger partial charge in [0.2, 0.25) is 16.8 Å². The number of hydrogen-bond donors (Lipinski definition) is 6. The molecule has 0 aliphatic carbocycles. The van der Waals surface area contributed by atoms with Gasteiger partial charge in [-0.25, -0.2) is 4.98 Å². The van der Waals surface area contributed by atoms with Gasteiger partial charge in [0.1, 0.15) is 28.8 Å². The van der Waals surface area contributed by atoms with Crippen molar-refractivity contribution in [1.82, 2.24) is 35.6 Å². The molecule has 0 radical (unpaired) electrons. The molecule has 2 unspecified atom stereocenters. The van der Waals surface area contributed by atoms with E-state index in [0.29, 0.717) is 21.2 Å². The molecule has 6 rings (SSSR count). The number of nitrogens with zero attached hydrogens (tertiary/aromatic N) is 5. The third-order valence-electron chi connectivity index (χ3n) is 8.76. The van der Waals surface area contributed by atoms with Crippen molar-refractivity contribution in [2.24, 2.45) is 0 Å². The number of aliphatic carboxylic acids is 1. The number of aryl methyl sites for hydroxylation is 1. The number of carboxylic acid groups (broad SMARTS) is 1. The van der Waals surface area contributed by atoms with Crippen LogP contribution in [-0.2, 0) is 14.4 Å². The number of hydrogen-bond acceptors (Lipinski definition) is 16. The number of phenols is 1. The van der Waals surface area contributed by atoms with E-state index in [1.54, 1.807) is 6.07 Å². The van der Waals surface area contributed by atoms with Gasteiger partial charge in [-0.1, -0.05) is 65.1 Å². The molecule has 1 fully saturated rings. The van der Waals surface area contributed by atoms with E-state index in [4.69, 9.17) is 0 Å². The first kappa shape index (κ1) is 43.6. The van der Waals surface area contributed by atoms with Crippen LogP contribution in [0.25, 0.3) is 11.3 Å². The Hall–Kier alpha value is -4.54. The van der Waals surface area contributed by atoms with Gasteiger partial charge >= 0.3 is 29.6 Å². The van der Waals surface area contributed by atoms with Crippen molar-refractivity contribution < 1.29 is 79.1 Å². The van der Waals surface area contributed by atoms with Crippen LogP contribution in [0.4, 0.5) is 0 Å². The quantitative estimate of drug-likeness (QED) is 0.0408. The first-order valence-electron chi connectivity index (χ1n) is 16.9. The molecule has 6 N–H and O–H groups in total. The first-order chi connectivity index (χ1) is 26.9. The molecule has 0 saturated carbocycles. The molecule has 57 heavy (non-hydrogen) atoms. The molecule has 3 atom stereocenters. The number of aliphatic hydroxyl groups is 2. The Balaban J connectivity index is 0.00000620. The summed E-state index contributed by atoms with van der Waals surface area (Å²) < 4.78 is 0.340. The minimum absolute atomic E-state index is 0. The number of carbonyl (C=O) groups is 5. The molecule has 2 aromatic carbocycles. The predicted molar refractivity (Wildman–Crippen MR) is 202 cm³/mol. The van der Waals surface area contributed by atoms with Crippen molar-refractivity contribution in [3.63, 3.8) is 0 Å². The number of β-lactam (4-membered cyclic amide) rings is 1. The third kappa shape index (κ3) is 9.78. The number of nitrogens with one attached hydrogen (secondary N) is 2. The fourth-order valence-electron chi connectivity index (χ4n) is 5.90. The number of thioether (sulfide) groups is 2. The number of phenolic OH excluding ortho intramolecular Hbond substituents is 1. The molecule has 4 amide bonds. The number of pyridine rings is 1. The Morgan fingerprint density at radius 1 is 1.00 bits per heavy atom. The van der Waals surface area contributed by atoms with Crippen LogP contribution in [0.5, 0.6) is 11.6 Å². The molecule has 0 spiro atoms. The number of carboxylic acids is 1. The molecule has 4 aromatic rings. The zero-order valence-corrected chi connectivity index (χ0v) is 34.9. The van der Waals surface area contributed by atoms with Crippen molar-refractivity contribution in [3.05, 3.63) is 93.6 Å². The van der Waals surface area contributed by atoms with E-state index < -0.39 is 52.9 Å². The van der Waals surface area contributed by atoms with Crippen LogP contribution in [-0.4, -0.2) is 124 Å². The van der Waals surface area contributed by atoms with Crippen molar-refractivity contribution in [1.29, 1.82) is 0 Å². The topological polar surface area (TPSA) is 259 Å². The van der Waals surface area contributed by atoms with Gasteiger partial charge in [-0.05, 0) is 42.3 Å². The maximum Gasteiger partial charge on any atom is 1.00 e. The van der Waals surface area contributed by atoms with Crippen LogP contribution in [0.3, 0.4) is 0 Å². The SMILES string of the molecule is Cc1ccc(-c2ccc(C(=O)NC(C(=O)NC3C(=O)N4C(C(=O)[O-])=C(CSc5nnc(C(=O)N(CCO)CCO)s5)CS[C@@H]34)c3ccc(O)cc3)c(O)n2)cc1.[Na+]. The molecular formula is C36H34N7NaO10S3. The minimum Gasteiger partial charge on any atom is -0.543 e. The smallest absolute Gasteiger partial charge is 0.543 e. The summed E-state index contributed by atoms with van der Waals surface area (Å²) >= 11 is 3.25. The largest absolute Gasteiger partial charge is 1.00 e. The minimum atomic E-state index is -1.60. The average Bonchev–Trinajstić information content (AvgIpc) is 3.67. The fourth-order valence-corrected chi connectivity index (χ4v) is 9.21. The summed E-state index contributed by atoms with van der Waals surface area (Å²) in [5, 5.41) is 63.7. The Kier molecular flexibility index (Phi) is 14.7. The van der Waals surface area contributed by atoms with E-state index in [9.17, 15) is 49.5 Å². The summed E-state index contributed by atoms with van der Waals surface area (Å²) in [7, 11) is 0. The second-order valence-corrected chi connectivity index (χ2v) is 15.8. The number of aromatic hydroxyl groups is 2. The van der Waals surface area contributed by atoms with Crippen molar-refractivity contribution >= 4 is 64.5 Å². The summed E-state index contributed by atoms with van der Waals surface area (Å²) in [5.74, 6) is -4.99. The normalized spacial score (nSPS) is 16.5. The van der Waals surface area contributed by atoms with Crippen LogP contribution in [0.2, 0.25) is 0 Å². The number of aliphatic hydroxyl groups excluding tert-OH is 2. The van der Waals surface area contributed by atoms with E-state index in [1.165, 1.54) is 47.0 Å². The van der Waals surface area contributed by atoms with Crippen molar-refractivity contribution in [2.75, 3.05) is 37.8 Å². The summed E-state index contributed by atoms with van der Waals surface area (Å²) in [4.78, 5) is 72.3. The van der Waals surface area contributed by atoms with Crippen LogP contribution >= 0.6 is 34.9 Å². The molecule has 2 aliphatic heterocycles. The van der Waals surface area contributed by atoms with Crippen LogP contribution in [0.1, 0.15) is 37.3 Å². The number of carbonyl (C=O) groups excluding carboxylic acids is 5. The Morgan fingerprint density at radius 2 is 1.68 bits per heavy atom. The predicted octanol–water partition coefficient (Wildman–Crippen LogP) is -2.58. The molecule has 2 aromatic heterocycles. The van der Waals surface area contributed by atoms with E-state index in [2.05, 4.69) is 25.8 Å². The summed E-state index contributed by atoms with van der Waals surface area (Å²) in [6.07, 6.45) is 0. The van der Waals surface area contributed by atoms with Crippen LogP contribution < -0.4 is 45.3 Å². The molecule has 0 bridgehead atoms. The van der Waals surface area contributed by atoms with Gasteiger partial charge in [-0.15, -0.1) is 22.0 Å². The average molecular weight is 844 g/mol.